The summed E-state index contributed by atoms with van der Waals surface area (Å²) in [7, 11) is 0. The lowest BCUT2D eigenvalue weighted by Gasteiger charge is -2.27. The number of ether oxygens (including phenoxy) is 1. The molecule has 1 aliphatic rings. The molecule has 1 atom stereocenters. The van der Waals surface area contributed by atoms with Gasteiger partial charge in [0.15, 0.2) is 5.78 Å². The number of Topliss-reactive ketones (excluding diaryl/α,β-unsaturated/α-hetero) is 1. The third kappa shape index (κ3) is 8.38. The summed E-state index contributed by atoms with van der Waals surface area (Å²) in [5.41, 5.74) is 9.12. The molecule has 1 heterocycles. The van der Waals surface area contributed by atoms with Gasteiger partial charge in [-0.25, -0.2) is 0 Å². The number of nitrogens with two attached hydrogens (primary N) is 1. The minimum Gasteiger partial charge on any atom is -0.395 e. The van der Waals surface area contributed by atoms with Crippen molar-refractivity contribution in [1.29, 1.82) is 0 Å². The maximum absolute atomic E-state index is 12.9. The molecule has 37 heavy (non-hydrogen) atoms. The molecule has 1 unspecified atom stereocenters. The SMILES string of the molecule is CCCC(N)c1ccc(NCC(=O)CCC(=O)N(CCO)c2ccc(C(=O)N3CCOCC3)cc2)cc1. The Balaban J connectivity index is 1.50. The lowest BCUT2D eigenvalue weighted by molar-refractivity contribution is -0.123. The van der Waals surface area contributed by atoms with E-state index < -0.39 is 0 Å². The highest BCUT2D eigenvalue weighted by Crippen LogP contribution is 2.20. The van der Waals surface area contributed by atoms with Crippen molar-refractivity contribution in [3.8, 4) is 0 Å². The minimum absolute atomic E-state index is 0.00928. The predicted molar refractivity (Wildman–Crippen MR) is 144 cm³/mol. The summed E-state index contributed by atoms with van der Waals surface area (Å²) < 4.78 is 5.29. The number of aliphatic hydroxyl groups is 1. The Kier molecular flexibility index (Phi) is 11.1. The van der Waals surface area contributed by atoms with Gasteiger partial charge in [0.1, 0.15) is 0 Å². The molecule has 0 saturated carbocycles. The molecule has 0 bridgehead atoms. The number of carbonyl (C=O) groups is 3. The Labute approximate surface area is 218 Å². The van der Waals surface area contributed by atoms with Gasteiger partial charge in [-0.3, -0.25) is 14.4 Å². The highest BCUT2D eigenvalue weighted by Gasteiger charge is 2.20. The summed E-state index contributed by atoms with van der Waals surface area (Å²) in [4.78, 5) is 41.1. The highest BCUT2D eigenvalue weighted by atomic mass is 16.5. The monoisotopic (exact) mass is 510 g/mol. The topological polar surface area (TPSA) is 125 Å². The second kappa shape index (κ2) is 14.5. The summed E-state index contributed by atoms with van der Waals surface area (Å²) in [5, 5.41) is 12.6. The summed E-state index contributed by atoms with van der Waals surface area (Å²) >= 11 is 0. The number of aliphatic hydroxyl groups excluding tert-OH is 1. The van der Waals surface area contributed by atoms with Crippen LogP contribution in [0.3, 0.4) is 0 Å². The molecule has 3 rings (SSSR count). The molecule has 2 aromatic rings. The molecule has 2 aromatic carbocycles. The number of anilines is 2. The van der Waals surface area contributed by atoms with Crippen LogP contribution in [0, 0.1) is 0 Å². The van der Waals surface area contributed by atoms with Gasteiger partial charge in [-0.15, -0.1) is 0 Å². The molecule has 0 spiro atoms. The quantitative estimate of drug-likeness (QED) is 0.378. The Bertz CT molecular complexity index is 1020. The van der Waals surface area contributed by atoms with Crippen molar-refractivity contribution >= 4 is 29.0 Å². The molecule has 1 saturated heterocycles. The van der Waals surface area contributed by atoms with Gasteiger partial charge in [0, 0.05) is 55.5 Å². The lowest BCUT2D eigenvalue weighted by Crippen LogP contribution is -2.40. The molecule has 4 N–H and O–H groups in total. The highest BCUT2D eigenvalue weighted by molar-refractivity contribution is 5.98. The average molecular weight is 511 g/mol. The molecule has 0 aromatic heterocycles. The number of nitrogens with zero attached hydrogens (tertiary/aromatic N) is 2. The summed E-state index contributed by atoms with van der Waals surface area (Å²) in [6.45, 7) is 4.26. The van der Waals surface area contributed by atoms with Crippen molar-refractivity contribution in [3.63, 3.8) is 0 Å². The van der Waals surface area contributed by atoms with Gasteiger partial charge in [-0.05, 0) is 48.4 Å². The number of benzene rings is 2. The number of ketones is 1. The van der Waals surface area contributed by atoms with E-state index in [4.69, 9.17) is 10.5 Å². The van der Waals surface area contributed by atoms with E-state index in [1.54, 1.807) is 29.2 Å². The summed E-state index contributed by atoms with van der Waals surface area (Å²) in [5.74, 6) is -0.425. The molecular weight excluding hydrogens is 472 g/mol. The van der Waals surface area contributed by atoms with Gasteiger partial charge in [0.2, 0.25) is 5.91 Å². The fourth-order valence-corrected chi connectivity index (χ4v) is 4.23. The minimum atomic E-state index is -0.260. The lowest BCUT2D eigenvalue weighted by atomic mass is 10.0. The first-order valence-electron chi connectivity index (χ1n) is 12.9. The van der Waals surface area contributed by atoms with Gasteiger partial charge in [-0.1, -0.05) is 25.5 Å². The van der Waals surface area contributed by atoms with Gasteiger partial charge < -0.3 is 30.7 Å². The van der Waals surface area contributed by atoms with E-state index >= 15 is 0 Å². The van der Waals surface area contributed by atoms with Crippen LogP contribution in [0.2, 0.25) is 0 Å². The molecule has 9 heteroatoms. The third-order valence-corrected chi connectivity index (χ3v) is 6.39. The summed E-state index contributed by atoms with van der Waals surface area (Å²) in [6.07, 6.45) is 2.05. The Morgan fingerprint density at radius 3 is 2.35 bits per heavy atom. The molecule has 9 nitrogen and oxygen atoms in total. The number of carbonyl (C=O) groups excluding carboxylic acids is 3. The van der Waals surface area contributed by atoms with Crippen molar-refractivity contribution in [3.05, 3.63) is 59.7 Å². The van der Waals surface area contributed by atoms with Crippen LogP contribution in [0.5, 0.6) is 0 Å². The fraction of sp³-hybridized carbons (Fsp3) is 0.464. The summed E-state index contributed by atoms with van der Waals surface area (Å²) in [6, 6.07) is 14.5. The van der Waals surface area contributed by atoms with E-state index in [-0.39, 0.29) is 56.2 Å². The Morgan fingerprint density at radius 2 is 1.73 bits per heavy atom. The van der Waals surface area contributed by atoms with Gasteiger partial charge >= 0.3 is 0 Å². The van der Waals surface area contributed by atoms with Crippen molar-refractivity contribution in [2.75, 3.05) is 56.2 Å². The largest absolute Gasteiger partial charge is 0.395 e. The van der Waals surface area contributed by atoms with E-state index in [2.05, 4.69) is 12.2 Å². The Morgan fingerprint density at radius 1 is 1.05 bits per heavy atom. The predicted octanol–water partition coefficient (Wildman–Crippen LogP) is 2.75. The Hall–Kier alpha value is -3.27. The van der Waals surface area contributed by atoms with Crippen LogP contribution in [-0.2, 0) is 14.3 Å². The molecule has 2 amide bonds. The molecule has 1 fully saturated rings. The van der Waals surface area contributed by atoms with Crippen LogP contribution in [-0.4, -0.2) is 73.6 Å². The maximum Gasteiger partial charge on any atom is 0.254 e. The number of hydrogen-bond acceptors (Lipinski definition) is 7. The van der Waals surface area contributed by atoms with Crippen molar-refractivity contribution in [2.24, 2.45) is 5.73 Å². The first kappa shape index (κ1) is 28.3. The average Bonchev–Trinajstić information content (AvgIpc) is 2.94. The van der Waals surface area contributed by atoms with E-state index in [9.17, 15) is 19.5 Å². The second-order valence-electron chi connectivity index (χ2n) is 9.13. The van der Waals surface area contributed by atoms with Gasteiger partial charge in [-0.2, -0.15) is 0 Å². The van der Waals surface area contributed by atoms with E-state index in [0.29, 0.717) is 37.6 Å². The number of nitrogens with one attached hydrogen (secondary N) is 1. The number of rotatable bonds is 13. The molecule has 0 radical (unpaired) electrons. The van der Waals surface area contributed by atoms with E-state index in [1.165, 1.54) is 4.90 Å². The third-order valence-electron chi connectivity index (χ3n) is 6.39. The maximum atomic E-state index is 12.9. The number of amides is 2. The standard InChI is InChI=1S/C28H38N4O5/c1-2-3-26(29)21-4-8-23(9-5-21)30-20-25(34)12-13-27(35)32(14-17-33)24-10-6-22(7-11-24)28(36)31-15-18-37-19-16-31/h4-11,26,30,33H,2-3,12-20,29H2,1H3. The zero-order valence-corrected chi connectivity index (χ0v) is 21.5. The smallest absolute Gasteiger partial charge is 0.254 e. The van der Waals surface area contributed by atoms with Crippen molar-refractivity contribution in [2.45, 2.75) is 38.6 Å². The van der Waals surface area contributed by atoms with Crippen LogP contribution >= 0.6 is 0 Å². The van der Waals surface area contributed by atoms with Gasteiger partial charge in [0.05, 0.1) is 26.4 Å². The first-order valence-corrected chi connectivity index (χ1v) is 12.9. The normalized spacial score (nSPS) is 14.2. The zero-order chi connectivity index (χ0) is 26.6. The molecule has 1 aliphatic heterocycles. The molecule has 0 aliphatic carbocycles. The van der Waals surface area contributed by atoms with E-state index in [1.807, 2.05) is 24.3 Å². The zero-order valence-electron chi connectivity index (χ0n) is 21.5. The van der Waals surface area contributed by atoms with Gasteiger partial charge in [0.25, 0.3) is 5.91 Å². The first-order chi connectivity index (χ1) is 17.9. The van der Waals surface area contributed by atoms with Crippen molar-refractivity contribution < 1.29 is 24.2 Å². The van der Waals surface area contributed by atoms with Crippen LogP contribution in [0.4, 0.5) is 11.4 Å². The van der Waals surface area contributed by atoms with Crippen LogP contribution in [0.25, 0.3) is 0 Å². The van der Waals surface area contributed by atoms with Crippen LogP contribution in [0.15, 0.2) is 48.5 Å². The van der Waals surface area contributed by atoms with Crippen LogP contribution in [0.1, 0.15) is 54.6 Å². The van der Waals surface area contributed by atoms with Crippen LogP contribution < -0.4 is 16.0 Å². The molecular formula is C28H38N4O5. The fourth-order valence-electron chi connectivity index (χ4n) is 4.23. The molecule has 200 valence electrons. The van der Waals surface area contributed by atoms with Crippen molar-refractivity contribution in [1.82, 2.24) is 4.90 Å². The number of morpholine rings is 1. The second-order valence-corrected chi connectivity index (χ2v) is 9.13. The van der Waals surface area contributed by atoms with E-state index in [0.717, 1.165) is 24.1 Å². The number of hydrogen-bond donors (Lipinski definition) is 3.